The molecule has 0 spiro atoms. The quantitative estimate of drug-likeness (QED) is 0.792. The predicted octanol–water partition coefficient (Wildman–Crippen LogP) is 3.07. The molecular weight excluding hydrogens is 331 g/mol. The summed E-state index contributed by atoms with van der Waals surface area (Å²) in [6.45, 7) is 0.818. The van der Waals surface area contributed by atoms with Crippen molar-refractivity contribution in [1.82, 2.24) is 10.2 Å². The van der Waals surface area contributed by atoms with E-state index in [4.69, 9.17) is 0 Å². The molecule has 2 amide bonds. The van der Waals surface area contributed by atoms with Crippen LogP contribution in [-0.4, -0.2) is 29.3 Å². The summed E-state index contributed by atoms with van der Waals surface area (Å²) in [5.41, 5.74) is 1.87. The van der Waals surface area contributed by atoms with E-state index in [9.17, 15) is 14.0 Å². The molecule has 1 N–H and O–H groups in total. The highest BCUT2D eigenvalue weighted by molar-refractivity contribution is 5.80. The second-order valence-corrected chi connectivity index (χ2v) is 6.64. The van der Waals surface area contributed by atoms with Gasteiger partial charge >= 0.3 is 0 Å². The molecule has 3 rings (SSSR count). The molecule has 0 bridgehead atoms. The minimum atomic E-state index is -0.279. The first-order valence-corrected chi connectivity index (χ1v) is 8.96. The van der Waals surface area contributed by atoms with Crippen LogP contribution in [0.1, 0.15) is 30.4 Å². The molecule has 2 aromatic carbocycles. The topological polar surface area (TPSA) is 49.4 Å². The van der Waals surface area contributed by atoms with Crippen LogP contribution in [0.15, 0.2) is 54.6 Å². The Morgan fingerprint density at radius 2 is 1.69 bits per heavy atom. The monoisotopic (exact) mass is 354 g/mol. The maximum Gasteiger partial charge on any atom is 0.224 e. The zero-order valence-electron chi connectivity index (χ0n) is 14.7. The number of nitrogens with one attached hydrogen (secondary N) is 1. The minimum absolute atomic E-state index is 0.0248. The van der Waals surface area contributed by atoms with Crippen LogP contribution < -0.4 is 5.32 Å². The average molecular weight is 354 g/mol. The van der Waals surface area contributed by atoms with E-state index in [0.29, 0.717) is 19.5 Å². The van der Waals surface area contributed by atoms with Crippen LogP contribution in [0.5, 0.6) is 0 Å². The number of rotatable bonds is 8. The van der Waals surface area contributed by atoms with Crippen molar-refractivity contribution in [3.63, 3.8) is 0 Å². The van der Waals surface area contributed by atoms with Crippen LogP contribution in [0.3, 0.4) is 0 Å². The Kier molecular flexibility index (Phi) is 6.00. The van der Waals surface area contributed by atoms with Gasteiger partial charge in [0.05, 0.1) is 6.42 Å². The summed E-state index contributed by atoms with van der Waals surface area (Å²) in [6, 6.07) is 16.0. The number of benzene rings is 2. The first-order valence-electron chi connectivity index (χ1n) is 8.96. The fourth-order valence-electron chi connectivity index (χ4n) is 2.89. The second-order valence-electron chi connectivity index (χ2n) is 6.64. The summed E-state index contributed by atoms with van der Waals surface area (Å²) < 4.78 is 13.0. The molecule has 0 saturated heterocycles. The van der Waals surface area contributed by atoms with Crippen molar-refractivity contribution >= 4 is 11.8 Å². The highest BCUT2D eigenvalue weighted by Gasteiger charge is 2.32. The molecule has 0 radical (unpaired) electrons. The largest absolute Gasteiger partial charge is 0.355 e. The van der Waals surface area contributed by atoms with Crippen molar-refractivity contribution in [2.45, 2.75) is 38.3 Å². The van der Waals surface area contributed by atoms with Gasteiger partial charge in [-0.15, -0.1) is 0 Å². The summed E-state index contributed by atoms with van der Waals surface area (Å²) in [4.78, 5) is 26.3. The SMILES string of the molecule is O=C(Cc1ccccc1)NCCC(=O)N(Cc1ccc(F)cc1)C1CC1. The zero-order valence-corrected chi connectivity index (χ0v) is 14.7. The maximum atomic E-state index is 13.0. The number of amides is 2. The smallest absolute Gasteiger partial charge is 0.224 e. The minimum Gasteiger partial charge on any atom is -0.355 e. The van der Waals surface area contributed by atoms with Gasteiger partial charge < -0.3 is 10.2 Å². The molecular formula is C21H23FN2O2. The third kappa shape index (κ3) is 5.41. The highest BCUT2D eigenvalue weighted by atomic mass is 19.1. The van der Waals surface area contributed by atoms with Crippen molar-refractivity contribution in [1.29, 1.82) is 0 Å². The molecule has 0 heterocycles. The molecule has 0 aliphatic heterocycles. The van der Waals surface area contributed by atoms with Crippen molar-refractivity contribution < 1.29 is 14.0 Å². The van der Waals surface area contributed by atoms with Crippen molar-refractivity contribution in [2.24, 2.45) is 0 Å². The van der Waals surface area contributed by atoms with E-state index in [0.717, 1.165) is 24.0 Å². The van der Waals surface area contributed by atoms with Gasteiger partial charge in [0.2, 0.25) is 11.8 Å². The summed E-state index contributed by atoms with van der Waals surface area (Å²) in [5.74, 6) is -0.337. The molecule has 0 unspecified atom stereocenters. The van der Waals surface area contributed by atoms with Crippen molar-refractivity contribution in [3.8, 4) is 0 Å². The van der Waals surface area contributed by atoms with Crippen LogP contribution in [0.2, 0.25) is 0 Å². The molecule has 26 heavy (non-hydrogen) atoms. The third-order valence-electron chi connectivity index (χ3n) is 4.44. The van der Waals surface area contributed by atoms with E-state index in [-0.39, 0.29) is 30.1 Å². The van der Waals surface area contributed by atoms with Gasteiger partial charge in [0.15, 0.2) is 0 Å². The van der Waals surface area contributed by atoms with Crippen molar-refractivity contribution in [2.75, 3.05) is 6.54 Å². The lowest BCUT2D eigenvalue weighted by atomic mass is 10.1. The average Bonchev–Trinajstić information content (AvgIpc) is 3.47. The summed E-state index contributed by atoms with van der Waals surface area (Å²) in [5, 5.41) is 2.81. The summed E-state index contributed by atoms with van der Waals surface area (Å²) in [7, 11) is 0. The van der Waals surface area contributed by atoms with Gasteiger partial charge in [-0.25, -0.2) is 4.39 Å². The Balaban J connectivity index is 1.46. The van der Waals surface area contributed by atoms with E-state index < -0.39 is 0 Å². The molecule has 1 aliphatic carbocycles. The Hall–Kier alpha value is -2.69. The van der Waals surface area contributed by atoms with Gasteiger partial charge in [0.1, 0.15) is 5.82 Å². The molecule has 2 aromatic rings. The van der Waals surface area contributed by atoms with Gasteiger partial charge in [0.25, 0.3) is 0 Å². The van der Waals surface area contributed by atoms with Gasteiger partial charge in [-0.2, -0.15) is 0 Å². The normalized spacial score (nSPS) is 13.3. The molecule has 0 aromatic heterocycles. The second kappa shape index (κ2) is 8.61. The van der Waals surface area contributed by atoms with Crippen LogP contribution in [-0.2, 0) is 22.6 Å². The van der Waals surface area contributed by atoms with Crippen LogP contribution in [0.4, 0.5) is 4.39 Å². The van der Waals surface area contributed by atoms with Gasteiger partial charge in [-0.1, -0.05) is 42.5 Å². The lowest BCUT2D eigenvalue weighted by molar-refractivity contribution is -0.132. The fourth-order valence-corrected chi connectivity index (χ4v) is 2.89. The van der Waals surface area contributed by atoms with Crippen molar-refractivity contribution in [3.05, 3.63) is 71.5 Å². The lowest BCUT2D eigenvalue weighted by Gasteiger charge is -2.22. The molecule has 136 valence electrons. The number of nitrogens with zero attached hydrogens (tertiary/aromatic N) is 1. The molecule has 5 heteroatoms. The van der Waals surface area contributed by atoms with Gasteiger partial charge in [-0.05, 0) is 36.1 Å². The van der Waals surface area contributed by atoms with E-state index in [1.165, 1.54) is 12.1 Å². The van der Waals surface area contributed by atoms with E-state index >= 15 is 0 Å². The molecule has 1 aliphatic rings. The lowest BCUT2D eigenvalue weighted by Crippen LogP contribution is -2.36. The number of carbonyl (C=O) groups is 2. The van der Waals surface area contributed by atoms with Gasteiger partial charge in [0, 0.05) is 25.6 Å². The van der Waals surface area contributed by atoms with Gasteiger partial charge in [-0.3, -0.25) is 9.59 Å². The third-order valence-corrected chi connectivity index (χ3v) is 4.44. The molecule has 0 atom stereocenters. The number of hydrogen-bond acceptors (Lipinski definition) is 2. The Morgan fingerprint density at radius 3 is 2.35 bits per heavy atom. The van der Waals surface area contributed by atoms with Crippen LogP contribution in [0.25, 0.3) is 0 Å². The molecule has 1 fully saturated rings. The summed E-state index contributed by atoms with van der Waals surface area (Å²) in [6.07, 6.45) is 2.61. The first-order chi connectivity index (χ1) is 12.6. The first kappa shape index (κ1) is 18.1. The number of hydrogen-bond donors (Lipinski definition) is 1. The standard InChI is InChI=1S/C21H23FN2O2/c22-18-8-6-17(7-9-18)15-24(19-10-11-19)21(26)12-13-23-20(25)14-16-4-2-1-3-5-16/h1-9,19H,10-15H2,(H,23,25). The van der Waals surface area contributed by atoms with Crippen LogP contribution in [0, 0.1) is 5.82 Å². The number of carbonyl (C=O) groups excluding carboxylic acids is 2. The molecule has 1 saturated carbocycles. The predicted molar refractivity (Wildman–Crippen MR) is 97.7 cm³/mol. The number of halogens is 1. The van der Waals surface area contributed by atoms with E-state index in [2.05, 4.69) is 5.32 Å². The Labute approximate surface area is 153 Å². The summed E-state index contributed by atoms with van der Waals surface area (Å²) >= 11 is 0. The van der Waals surface area contributed by atoms with E-state index in [1.807, 2.05) is 35.2 Å². The van der Waals surface area contributed by atoms with E-state index in [1.54, 1.807) is 12.1 Å². The fraction of sp³-hybridized carbons (Fsp3) is 0.333. The zero-order chi connectivity index (χ0) is 18.4. The maximum absolute atomic E-state index is 13.0. The Morgan fingerprint density at radius 1 is 1.00 bits per heavy atom. The Bertz CT molecular complexity index is 742. The molecule has 4 nitrogen and oxygen atoms in total. The highest BCUT2D eigenvalue weighted by Crippen LogP contribution is 2.29. The van der Waals surface area contributed by atoms with Crippen LogP contribution >= 0.6 is 0 Å².